The Morgan fingerprint density at radius 3 is 2.67 bits per heavy atom. The third kappa shape index (κ3) is 4.60. The molecule has 0 aliphatic heterocycles. The van der Waals surface area contributed by atoms with Gasteiger partial charge in [0, 0.05) is 11.6 Å². The summed E-state index contributed by atoms with van der Waals surface area (Å²) in [6.07, 6.45) is 3.58. The average molecular weight is 318 g/mol. The first-order valence-corrected chi connectivity index (χ1v) is 7.29. The van der Waals surface area contributed by atoms with Crippen LogP contribution in [0.1, 0.15) is 11.1 Å². The summed E-state index contributed by atoms with van der Waals surface area (Å²) in [5.41, 5.74) is -4.95. The van der Waals surface area contributed by atoms with Crippen LogP contribution in [0.2, 0.25) is 0 Å². The van der Waals surface area contributed by atoms with Gasteiger partial charge in [-0.2, -0.15) is 8.78 Å². The maximum absolute atomic E-state index is 13.5. The minimum atomic E-state index is -5.62. The lowest BCUT2D eigenvalue weighted by Crippen LogP contribution is -2.13. The van der Waals surface area contributed by atoms with Gasteiger partial charge in [0.1, 0.15) is 6.61 Å². The van der Waals surface area contributed by atoms with E-state index < -0.39 is 24.8 Å². The molecule has 0 heterocycles. The van der Waals surface area contributed by atoms with E-state index in [4.69, 9.17) is 9.79 Å². The number of carbonyl (C=O) groups is 1. The number of hydrogen-bond donors (Lipinski definition) is 2. The smallest absolute Gasteiger partial charge is 0.399 e. The molecule has 2 N–H and O–H groups in total. The summed E-state index contributed by atoms with van der Waals surface area (Å²) < 4.78 is 42.5. The molecular weight excluding hydrogens is 305 g/mol. The normalized spacial score (nSPS) is 12.4. The van der Waals surface area contributed by atoms with E-state index in [1.807, 2.05) is 0 Å². The van der Waals surface area contributed by atoms with Gasteiger partial charge in [0.2, 0.25) is 0 Å². The molecule has 0 aromatic heterocycles. The number of halogens is 2. The SMILES string of the molecule is C=CCOC(=O)/C=C\c1cccc(C(F)(F)P(=O)(O)O)c1. The van der Waals surface area contributed by atoms with Crippen LogP contribution < -0.4 is 0 Å². The van der Waals surface area contributed by atoms with E-state index in [1.54, 1.807) is 0 Å². The second-order valence-corrected chi connectivity index (χ2v) is 5.61. The summed E-state index contributed by atoms with van der Waals surface area (Å²) in [4.78, 5) is 28.5. The highest BCUT2D eigenvalue weighted by atomic mass is 31.2. The zero-order valence-corrected chi connectivity index (χ0v) is 11.7. The molecule has 1 aromatic rings. The van der Waals surface area contributed by atoms with Gasteiger partial charge in [-0.05, 0) is 17.7 Å². The van der Waals surface area contributed by atoms with E-state index in [1.165, 1.54) is 24.3 Å². The average Bonchev–Trinajstić information content (AvgIpc) is 2.42. The summed E-state index contributed by atoms with van der Waals surface area (Å²) in [5, 5.41) is 0. The fraction of sp³-hybridized carbons (Fsp3) is 0.154. The first-order chi connectivity index (χ1) is 9.68. The zero-order valence-electron chi connectivity index (χ0n) is 10.8. The van der Waals surface area contributed by atoms with Crippen molar-refractivity contribution < 1.29 is 32.7 Å². The minimum Gasteiger partial charge on any atom is -0.458 e. The lowest BCUT2D eigenvalue weighted by Gasteiger charge is -2.18. The van der Waals surface area contributed by atoms with Crippen molar-refractivity contribution in [3.63, 3.8) is 0 Å². The van der Waals surface area contributed by atoms with Gasteiger partial charge < -0.3 is 14.5 Å². The van der Waals surface area contributed by atoms with Crippen molar-refractivity contribution in [1.82, 2.24) is 0 Å². The minimum absolute atomic E-state index is 0.0134. The van der Waals surface area contributed by atoms with Gasteiger partial charge in [-0.15, -0.1) is 0 Å². The van der Waals surface area contributed by atoms with Crippen molar-refractivity contribution in [2.24, 2.45) is 0 Å². The van der Waals surface area contributed by atoms with E-state index in [0.29, 0.717) is 0 Å². The van der Waals surface area contributed by atoms with Crippen LogP contribution in [0.15, 0.2) is 43.0 Å². The standard InChI is InChI=1S/C13H13F2O5P/c1-2-8-20-12(16)7-6-10-4-3-5-11(9-10)13(14,15)21(17,18)19/h2-7,9H,1,8H2,(H2,17,18,19)/b7-6-. The van der Waals surface area contributed by atoms with Crippen LogP contribution in [-0.4, -0.2) is 22.4 Å². The molecule has 114 valence electrons. The Morgan fingerprint density at radius 2 is 2.10 bits per heavy atom. The molecule has 1 rings (SSSR count). The third-order valence-electron chi connectivity index (χ3n) is 2.36. The molecule has 0 bridgehead atoms. The molecule has 0 fully saturated rings. The monoisotopic (exact) mass is 318 g/mol. The van der Waals surface area contributed by atoms with E-state index in [2.05, 4.69) is 11.3 Å². The second-order valence-electron chi connectivity index (χ2n) is 3.96. The predicted octanol–water partition coefficient (Wildman–Crippen LogP) is 2.66. The van der Waals surface area contributed by atoms with Crippen LogP contribution in [-0.2, 0) is 19.8 Å². The molecule has 0 amide bonds. The zero-order chi connectivity index (χ0) is 16.1. The lowest BCUT2D eigenvalue weighted by molar-refractivity contribution is -0.136. The van der Waals surface area contributed by atoms with Crippen molar-refractivity contribution in [2.75, 3.05) is 6.61 Å². The van der Waals surface area contributed by atoms with Crippen LogP contribution in [0.25, 0.3) is 6.08 Å². The highest BCUT2D eigenvalue weighted by Crippen LogP contribution is 2.59. The number of benzene rings is 1. The largest absolute Gasteiger partial charge is 0.458 e. The topological polar surface area (TPSA) is 83.8 Å². The van der Waals surface area contributed by atoms with E-state index in [-0.39, 0.29) is 12.2 Å². The number of esters is 1. The van der Waals surface area contributed by atoms with Gasteiger partial charge in [-0.25, -0.2) is 4.79 Å². The van der Waals surface area contributed by atoms with Gasteiger partial charge in [-0.1, -0.05) is 30.9 Å². The van der Waals surface area contributed by atoms with Crippen molar-refractivity contribution in [3.8, 4) is 0 Å². The summed E-state index contributed by atoms with van der Waals surface area (Å²) in [6, 6.07) is 4.38. The van der Waals surface area contributed by atoms with Gasteiger partial charge in [0.05, 0.1) is 0 Å². The fourth-order valence-corrected chi connectivity index (χ4v) is 1.83. The number of ether oxygens (including phenoxy) is 1. The molecule has 21 heavy (non-hydrogen) atoms. The molecule has 5 nitrogen and oxygen atoms in total. The summed E-state index contributed by atoms with van der Waals surface area (Å²) in [6.45, 7) is 3.37. The number of hydrogen-bond acceptors (Lipinski definition) is 3. The van der Waals surface area contributed by atoms with Crippen molar-refractivity contribution in [1.29, 1.82) is 0 Å². The van der Waals surface area contributed by atoms with Crippen LogP contribution in [0.4, 0.5) is 8.78 Å². The van der Waals surface area contributed by atoms with Gasteiger partial charge in [0.15, 0.2) is 0 Å². The number of rotatable bonds is 6. The molecule has 0 atom stereocenters. The Morgan fingerprint density at radius 1 is 1.43 bits per heavy atom. The second kappa shape index (κ2) is 6.76. The van der Waals surface area contributed by atoms with Gasteiger partial charge >= 0.3 is 19.2 Å². The number of alkyl halides is 2. The first-order valence-electron chi connectivity index (χ1n) is 5.68. The highest BCUT2D eigenvalue weighted by molar-refractivity contribution is 7.52. The Balaban J connectivity index is 2.97. The van der Waals surface area contributed by atoms with Crippen LogP contribution in [0.5, 0.6) is 0 Å². The summed E-state index contributed by atoms with van der Waals surface area (Å²) in [5.74, 6) is -0.693. The fourth-order valence-electron chi connectivity index (χ4n) is 1.35. The maximum Gasteiger partial charge on any atom is 0.399 e. The van der Waals surface area contributed by atoms with Crippen LogP contribution in [0, 0.1) is 0 Å². The van der Waals surface area contributed by atoms with E-state index >= 15 is 0 Å². The van der Waals surface area contributed by atoms with E-state index in [0.717, 1.165) is 18.2 Å². The molecular formula is C13H13F2O5P. The molecule has 0 saturated heterocycles. The molecule has 0 aliphatic rings. The number of carbonyl (C=O) groups excluding carboxylic acids is 1. The summed E-state index contributed by atoms with van der Waals surface area (Å²) >= 11 is 0. The summed E-state index contributed by atoms with van der Waals surface area (Å²) in [7, 11) is -5.62. The van der Waals surface area contributed by atoms with Crippen LogP contribution in [0.3, 0.4) is 0 Å². The molecule has 0 saturated carbocycles. The molecule has 0 aliphatic carbocycles. The lowest BCUT2D eigenvalue weighted by atomic mass is 10.1. The van der Waals surface area contributed by atoms with Crippen LogP contribution >= 0.6 is 7.60 Å². The molecule has 0 radical (unpaired) electrons. The third-order valence-corrected chi connectivity index (χ3v) is 3.34. The Bertz CT molecular complexity index is 606. The van der Waals surface area contributed by atoms with Crippen molar-refractivity contribution >= 4 is 19.6 Å². The quantitative estimate of drug-likeness (QED) is 0.365. The Labute approximate surface area is 119 Å². The first kappa shape index (κ1) is 17.2. The van der Waals surface area contributed by atoms with Crippen molar-refractivity contribution in [2.45, 2.75) is 5.66 Å². The van der Waals surface area contributed by atoms with Gasteiger partial charge in [-0.3, -0.25) is 4.57 Å². The molecule has 0 unspecified atom stereocenters. The molecule has 0 spiro atoms. The Hall–Kier alpha value is -1.82. The molecule has 8 heteroatoms. The van der Waals surface area contributed by atoms with E-state index in [9.17, 15) is 18.1 Å². The maximum atomic E-state index is 13.5. The molecule has 1 aromatic carbocycles. The van der Waals surface area contributed by atoms with Gasteiger partial charge in [0.25, 0.3) is 0 Å². The highest BCUT2D eigenvalue weighted by Gasteiger charge is 2.50. The predicted molar refractivity (Wildman–Crippen MR) is 72.6 cm³/mol. The van der Waals surface area contributed by atoms with Crippen molar-refractivity contribution in [3.05, 3.63) is 54.1 Å². The Kier molecular flexibility index (Phi) is 5.54.